The average Bonchev–Trinajstić information content (AvgIpc) is 3.33. The Kier molecular flexibility index (Phi) is 8.11. The summed E-state index contributed by atoms with van der Waals surface area (Å²) in [6, 6.07) is 16.8. The van der Waals surface area contributed by atoms with Crippen LogP contribution in [0.25, 0.3) is 10.6 Å². The summed E-state index contributed by atoms with van der Waals surface area (Å²) in [4.78, 5) is 33.4. The average molecular weight is 480 g/mol. The Morgan fingerprint density at radius 2 is 1.76 bits per heavy atom. The molecule has 34 heavy (non-hydrogen) atoms. The van der Waals surface area contributed by atoms with E-state index in [-0.39, 0.29) is 11.9 Å². The molecular formula is C25H29N5O3S. The van der Waals surface area contributed by atoms with Crippen LogP contribution in [0.2, 0.25) is 0 Å². The van der Waals surface area contributed by atoms with E-state index < -0.39 is 0 Å². The van der Waals surface area contributed by atoms with Crippen LogP contribution in [0.15, 0.2) is 60.0 Å². The van der Waals surface area contributed by atoms with Gasteiger partial charge in [-0.15, -0.1) is 11.3 Å². The van der Waals surface area contributed by atoms with Crippen LogP contribution in [0.1, 0.15) is 12.1 Å². The fourth-order valence-electron chi connectivity index (χ4n) is 3.77. The lowest BCUT2D eigenvalue weighted by Gasteiger charge is -2.34. The molecule has 178 valence electrons. The Morgan fingerprint density at radius 3 is 2.47 bits per heavy atom. The maximum absolute atomic E-state index is 12.5. The zero-order valence-electron chi connectivity index (χ0n) is 19.2. The maximum atomic E-state index is 12.5. The summed E-state index contributed by atoms with van der Waals surface area (Å²) in [6.07, 6.45) is 0.291. The lowest BCUT2D eigenvalue weighted by molar-refractivity contribution is -0.132. The van der Waals surface area contributed by atoms with Crippen LogP contribution in [0, 0.1) is 0 Å². The molecule has 1 aliphatic heterocycles. The Balaban J connectivity index is 1.16. The van der Waals surface area contributed by atoms with Crippen molar-refractivity contribution in [2.75, 3.05) is 45.2 Å². The number of aromatic nitrogens is 1. The third-order valence-electron chi connectivity index (χ3n) is 5.66. The number of rotatable bonds is 8. The van der Waals surface area contributed by atoms with Crippen molar-refractivity contribution in [2.45, 2.75) is 13.0 Å². The molecule has 0 aliphatic carbocycles. The number of amides is 3. The standard InChI is InChI=1S/C25H29N5O3S/c1-33-22-9-7-19(8-10-22)24-27-21(18-34-24)17-29-13-15-30(16-14-29)23(31)11-12-26-25(32)28-20-5-3-2-4-6-20/h2-10,18H,11-17H2,1H3,(H2,26,28,32). The molecule has 3 amide bonds. The number of nitrogens with one attached hydrogen (secondary N) is 2. The summed E-state index contributed by atoms with van der Waals surface area (Å²) in [5.74, 6) is 0.897. The molecule has 4 rings (SSSR count). The predicted octanol–water partition coefficient (Wildman–Crippen LogP) is 3.67. The van der Waals surface area contributed by atoms with Gasteiger partial charge in [-0.25, -0.2) is 9.78 Å². The van der Waals surface area contributed by atoms with Crippen molar-refractivity contribution in [2.24, 2.45) is 0 Å². The number of thiazole rings is 1. The molecule has 1 saturated heterocycles. The summed E-state index contributed by atoms with van der Waals surface area (Å²) < 4.78 is 5.22. The highest BCUT2D eigenvalue weighted by Crippen LogP contribution is 2.26. The molecule has 1 aliphatic rings. The van der Waals surface area contributed by atoms with E-state index in [1.165, 1.54) is 0 Å². The van der Waals surface area contributed by atoms with Crippen LogP contribution < -0.4 is 15.4 Å². The van der Waals surface area contributed by atoms with Gasteiger partial charge in [0.2, 0.25) is 5.91 Å². The molecule has 0 bridgehead atoms. The Hall–Kier alpha value is -3.43. The highest BCUT2D eigenvalue weighted by molar-refractivity contribution is 7.13. The number of piperazine rings is 1. The van der Waals surface area contributed by atoms with Crippen LogP contribution >= 0.6 is 11.3 Å². The Morgan fingerprint density at radius 1 is 1.03 bits per heavy atom. The molecule has 2 N–H and O–H groups in total. The maximum Gasteiger partial charge on any atom is 0.319 e. The fourth-order valence-corrected chi connectivity index (χ4v) is 4.59. The van der Waals surface area contributed by atoms with Gasteiger partial charge in [0.1, 0.15) is 10.8 Å². The number of nitrogens with zero attached hydrogens (tertiary/aromatic N) is 3. The molecule has 0 atom stereocenters. The highest BCUT2D eigenvalue weighted by atomic mass is 32.1. The minimum Gasteiger partial charge on any atom is -0.497 e. The third kappa shape index (κ3) is 6.55. The molecule has 2 heterocycles. The molecule has 1 fully saturated rings. The number of hydrogen-bond donors (Lipinski definition) is 2. The summed E-state index contributed by atoms with van der Waals surface area (Å²) in [6.45, 7) is 4.07. The monoisotopic (exact) mass is 479 g/mol. The van der Waals surface area contributed by atoms with E-state index in [9.17, 15) is 9.59 Å². The summed E-state index contributed by atoms with van der Waals surface area (Å²) >= 11 is 1.64. The molecule has 0 unspecified atom stereocenters. The second kappa shape index (κ2) is 11.6. The third-order valence-corrected chi connectivity index (χ3v) is 6.60. The van der Waals surface area contributed by atoms with Crippen LogP contribution in [0.3, 0.4) is 0 Å². The van der Waals surface area contributed by atoms with Crippen molar-refractivity contribution >= 4 is 29.0 Å². The topological polar surface area (TPSA) is 86.8 Å². The quantitative estimate of drug-likeness (QED) is 0.515. The number of carbonyl (C=O) groups is 2. The molecule has 3 aromatic rings. The van der Waals surface area contributed by atoms with Gasteiger partial charge in [0.05, 0.1) is 12.8 Å². The van der Waals surface area contributed by atoms with Crippen LogP contribution in [-0.2, 0) is 11.3 Å². The zero-order valence-corrected chi connectivity index (χ0v) is 20.0. The van der Waals surface area contributed by atoms with Crippen molar-refractivity contribution in [3.63, 3.8) is 0 Å². The number of ether oxygens (including phenoxy) is 1. The summed E-state index contributed by atoms with van der Waals surface area (Å²) in [5, 5.41) is 8.59. The number of urea groups is 1. The van der Waals surface area contributed by atoms with Crippen molar-refractivity contribution in [3.8, 4) is 16.3 Å². The number of methoxy groups -OCH3 is 1. The fraction of sp³-hybridized carbons (Fsp3) is 0.320. The highest BCUT2D eigenvalue weighted by Gasteiger charge is 2.21. The first kappa shape index (κ1) is 23.7. The second-order valence-electron chi connectivity index (χ2n) is 8.03. The first-order valence-electron chi connectivity index (χ1n) is 11.3. The van der Waals surface area contributed by atoms with Crippen LogP contribution in [0.4, 0.5) is 10.5 Å². The minimum atomic E-state index is -0.305. The van der Waals surface area contributed by atoms with Gasteiger partial charge in [-0.1, -0.05) is 18.2 Å². The smallest absolute Gasteiger partial charge is 0.319 e. The number of hydrogen-bond acceptors (Lipinski definition) is 6. The molecule has 0 spiro atoms. The second-order valence-corrected chi connectivity index (χ2v) is 8.88. The summed E-state index contributed by atoms with van der Waals surface area (Å²) in [7, 11) is 1.66. The van der Waals surface area contributed by atoms with E-state index in [1.807, 2.05) is 59.5 Å². The van der Waals surface area contributed by atoms with Gasteiger partial charge in [-0.2, -0.15) is 0 Å². The number of anilines is 1. The Labute approximate surface area is 203 Å². The lowest BCUT2D eigenvalue weighted by Crippen LogP contribution is -2.48. The normalized spacial score (nSPS) is 14.0. The van der Waals surface area contributed by atoms with Crippen LogP contribution in [-0.4, -0.2) is 66.6 Å². The molecule has 0 radical (unpaired) electrons. The van der Waals surface area contributed by atoms with Crippen molar-refractivity contribution < 1.29 is 14.3 Å². The van der Waals surface area contributed by atoms with Crippen LogP contribution in [0.5, 0.6) is 5.75 Å². The van der Waals surface area contributed by atoms with E-state index >= 15 is 0 Å². The predicted molar refractivity (Wildman–Crippen MR) is 134 cm³/mol. The van der Waals surface area contributed by atoms with Gasteiger partial charge >= 0.3 is 6.03 Å². The van der Waals surface area contributed by atoms with Crippen molar-refractivity contribution in [1.29, 1.82) is 0 Å². The van der Waals surface area contributed by atoms with E-state index in [4.69, 9.17) is 9.72 Å². The van der Waals surface area contributed by atoms with E-state index in [2.05, 4.69) is 20.9 Å². The first-order valence-corrected chi connectivity index (χ1v) is 12.2. The molecule has 8 nitrogen and oxygen atoms in total. The molecule has 0 saturated carbocycles. The van der Waals surface area contributed by atoms with Gasteiger partial charge in [-0.3, -0.25) is 9.69 Å². The van der Waals surface area contributed by atoms with Crippen molar-refractivity contribution in [1.82, 2.24) is 20.1 Å². The van der Waals surface area contributed by atoms with Crippen molar-refractivity contribution in [3.05, 3.63) is 65.7 Å². The largest absolute Gasteiger partial charge is 0.497 e. The van der Waals surface area contributed by atoms with E-state index in [0.29, 0.717) is 26.1 Å². The number of para-hydroxylation sites is 1. The van der Waals surface area contributed by atoms with Gasteiger partial charge < -0.3 is 20.3 Å². The number of carbonyl (C=O) groups excluding carboxylic acids is 2. The minimum absolute atomic E-state index is 0.0649. The SMILES string of the molecule is COc1ccc(-c2nc(CN3CCN(C(=O)CCNC(=O)Nc4ccccc4)CC3)cs2)cc1. The van der Waals surface area contributed by atoms with Gasteiger partial charge in [0, 0.05) is 62.3 Å². The first-order chi connectivity index (χ1) is 16.6. The van der Waals surface area contributed by atoms with Gasteiger partial charge in [-0.05, 0) is 36.4 Å². The molecule has 9 heteroatoms. The zero-order chi connectivity index (χ0) is 23.8. The Bertz CT molecular complexity index is 1080. The van der Waals surface area contributed by atoms with E-state index in [0.717, 1.165) is 47.3 Å². The van der Waals surface area contributed by atoms with E-state index in [1.54, 1.807) is 18.4 Å². The van der Waals surface area contributed by atoms with Gasteiger partial charge in [0.25, 0.3) is 0 Å². The molecule has 2 aromatic carbocycles. The van der Waals surface area contributed by atoms with Gasteiger partial charge in [0.15, 0.2) is 0 Å². The lowest BCUT2D eigenvalue weighted by atomic mass is 10.2. The number of benzene rings is 2. The summed E-state index contributed by atoms with van der Waals surface area (Å²) in [5.41, 5.74) is 2.85. The molecule has 1 aromatic heterocycles. The molecular weight excluding hydrogens is 450 g/mol.